The highest BCUT2D eigenvalue weighted by atomic mass is 16.3. The van der Waals surface area contributed by atoms with Gasteiger partial charge in [0.2, 0.25) is 0 Å². The second-order valence-electron chi connectivity index (χ2n) is 4.53. The van der Waals surface area contributed by atoms with E-state index in [0.717, 1.165) is 18.5 Å². The number of hydrogen-bond acceptors (Lipinski definition) is 2. The predicted octanol–water partition coefficient (Wildman–Crippen LogP) is 2.78. The molecule has 2 nitrogen and oxygen atoms in total. The van der Waals surface area contributed by atoms with Crippen LogP contribution in [0.1, 0.15) is 12.8 Å². The standard InChI is InChI=1S/C14H15NO/c16-14-8-13(9-14)15-12-6-5-10-3-1-2-4-11(10)7-12/h1-7,13-16H,8-9H2. The Morgan fingerprint density at radius 2 is 1.75 bits per heavy atom. The van der Waals surface area contributed by atoms with Gasteiger partial charge in [0.15, 0.2) is 0 Å². The molecule has 2 aromatic carbocycles. The molecule has 16 heavy (non-hydrogen) atoms. The summed E-state index contributed by atoms with van der Waals surface area (Å²) >= 11 is 0. The summed E-state index contributed by atoms with van der Waals surface area (Å²) in [5.41, 5.74) is 1.15. The lowest BCUT2D eigenvalue weighted by Crippen LogP contribution is -2.38. The summed E-state index contributed by atoms with van der Waals surface area (Å²) in [5.74, 6) is 0. The summed E-state index contributed by atoms with van der Waals surface area (Å²) in [4.78, 5) is 0. The number of hydrogen-bond donors (Lipinski definition) is 2. The lowest BCUT2D eigenvalue weighted by Gasteiger charge is -2.32. The van der Waals surface area contributed by atoms with Crippen LogP contribution in [0.25, 0.3) is 10.8 Å². The maximum atomic E-state index is 9.23. The minimum atomic E-state index is -0.0991. The van der Waals surface area contributed by atoms with Crippen molar-refractivity contribution in [2.75, 3.05) is 5.32 Å². The van der Waals surface area contributed by atoms with Gasteiger partial charge >= 0.3 is 0 Å². The number of fused-ring (bicyclic) bond motifs is 1. The van der Waals surface area contributed by atoms with Crippen molar-refractivity contribution in [3.05, 3.63) is 42.5 Å². The first-order valence-electron chi connectivity index (χ1n) is 5.75. The quantitative estimate of drug-likeness (QED) is 0.804. The molecule has 1 aliphatic carbocycles. The molecule has 0 aromatic heterocycles. The summed E-state index contributed by atoms with van der Waals surface area (Å²) < 4.78 is 0. The molecular formula is C14H15NO. The van der Waals surface area contributed by atoms with Crippen LogP contribution in [0, 0.1) is 0 Å². The molecule has 1 saturated carbocycles. The second-order valence-corrected chi connectivity index (χ2v) is 4.53. The van der Waals surface area contributed by atoms with Crippen molar-refractivity contribution < 1.29 is 5.11 Å². The summed E-state index contributed by atoms with van der Waals surface area (Å²) in [7, 11) is 0. The highest BCUT2D eigenvalue weighted by molar-refractivity contribution is 5.85. The molecule has 0 heterocycles. The molecule has 82 valence electrons. The van der Waals surface area contributed by atoms with E-state index >= 15 is 0 Å². The van der Waals surface area contributed by atoms with Gasteiger partial charge in [-0.25, -0.2) is 0 Å². The average Bonchev–Trinajstić information content (AvgIpc) is 2.27. The number of rotatable bonds is 2. The van der Waals surface area contributed by atoms with Crippen molar-refractivity contribution in [1.82, 2.24) is 0 Å². The van der Waals surface area contributed by atoms with E-state index < -0.39 is 0 Å². The largest absolute Gasteiger partial charge is 0.393 e. The molecule has 0 radical (unpaired) electrons. The fraction of sp³-hybridized carbons (Fsp3) is 0.286. The molecule has 0 amide bonds. The van der Waals surface area contributed by atoms with E-state index in [-0.39, 0.29) is 6.10 Å². The zero-order chi connectivity index (χ0) is 11.0. The van der Waals surface area contributed by atoms with Crippen molar-refractivity contribution in [2.45, 2.75) is 25.0 Å². The van der Waals surface area contributed by atoms with Gasteiger partial charge in [0.25, 0.3) is 0 Å². The topological polar surface area (TPSA) is 32.3 Å². The molecule has 2 heteroatoms. The molecule has 3 rings (SSSR count). The Hall–Kier alpha value is -1.54. The van der Waals surface area contributed by atoms with Crippen molar-refractivity contribution in [3.8, 4) is 0 Å². The Kier molecular flexibility index (Phi) is 2.29. The first-order valence-corrected chi connectivity index (χ1v) is 5.75. The first-order chi connectivity index (χ1) is 7.81. The van der Waals surface area contributed by atoms with Gasteiger partial charge in [-0.1, -0.05) is 30.3 Å². The molecule has 0 unspecified atom stereocenters. The molecule has 0 aliphatic heterocycles. The van der Waals surface area contributed by atoms with Crippen LogP contribution in [0.4, 0.5) is 5.69 Å². The monoisotopic (exact) mass is 213 g/mol. The van der Waals surface area contributed by atoms with Gasteiger partial charge in [-0.05, 0) is 35.7 Å². The summed E-state index contributed by atoms with van der Waals surface area (Å²) in [6.07, 6.45) is 1.64. The summed E-state index contributed by atoms with van der Waals surface area (Å²) in [5, 5.41) is 15.2. The van der Waals surface area contributed by atoms with Crippen LogP contribution in [0.5, 0.6) is 0 Å². The maximum absolute atomic E-state index is 9.23. The molecule has 2 aromatic rings. The molecule has 0 spiro atoms. The van der Waals surface area contributed by atoms with Gasteiger partial charge < -0.3 is 10.4 Å². The lowest BCUT2D eigenvalue weighted by atomic mass is 9.89. The van der Waals surface area contributed by atoms with E-state index in [9.17, 15) is 5.11 Å². The van der Waals surface area contributed by atoms with Gasteiger partial charge in [-0.3, -0.25) is 0 Å². The first kappa shape index (κ1) is 9.67. The SMILES string of the molecule is OC1CC(Nc2ccc3ccccc3c2)C1. The molecule has 1 aliphatic rings. The Morgan fingerprint density at radius 3 is 2.50 bits per heavy atom. The van der Waals surface area contributed by atoms with E-state index in [1.54, 1.807) is 0 Å². The summed E-state index contributed by atoms with van der Waals surface area (Å²) in [6.45, 7) is 0. The molecule has 0 atom stereocenters. The second kappa shape index (κ2) is 3.80. The minimum absolute atomic E-state index is 0.0991. The van der Waals surface area contributed by atoms with Gasteiger partial charge in [-0.2, -0.15) is 0 Å². The normalized spacial score (nSPS) is 24.1. The van der Waals surface area contributed by atoms with Crippen molar-refractivity contribution in [1.29, 1.82) is 0 Å². The van der Waals surface area contributed by atoms with E-state index in [2.05, 4.69) is 47.8 Å². The third kappa shape index (κ3) is 1.76. The highest BCUT2D eigenvalue weighted by Gasteiger charge is 2.26. The number of aliphatic hydroxyl groups is 1. The fourth-order valence-electron chi connectivity index (χ4n) is 2.22. The zero-order valence-corrected chi connectivity index (χ0v) is 9.06. The Morgan fingerprint density at radius 1 is 1.00 bits per heavy atom. The van der Waals surface area contributed by atoms with Crippen LogP contribution in [-0.2, 0) is 0 Å². The van der Waals surface area contributed by atoms with Crippen LogP contribution < -0.4 is 5.32 Å². The number of benzene rings is 2. The minimum Gasteiger partial charge on any atom is -0.393 e. The highest BCUT2D eigenvalue weighted by Crippen LogP contribution is 2.25. The van der Waals surface area contributed by atoms with E-state index in [1.165, 1.54) is 10.8 Å². The van der Waals surface area contributed by atoms with Gasteiger partial charge in [0.1, 0.15) is 0 Å². The summed E-state index contributed by atoms with van der Waals surface area (Å²) in [6, 6.07) is 15.2. The average molecular weight is 213 g/mol. The van der Waals surface area contributed by atoms with E-state index in [0.29, 0.717) is 6.04 Å². The van der Waals surface area contributed by atoms with Crippen molar-refractivity contribution in [3.63, 3.8) is 0 Å². The molecule has 0 saturated heterocycles. The van der Waals surface area contributed by atoms with Gasteiger partial charge in [-0.15, -0.1) is 0 Å². The van der Waals surface area contributed by atoms with Crippen molar-refractivity contribution >= 4 is 16.5 Å². The number of aliphatic hydroxyl groups excluding tert-OH is 1. The van der Waals surface area contributed by atoms with Crippen LogP contribution >= 0.6 is 0 Å². The number of nitrogens with one attached hydrogen (secondary N) is 1. The Balaban J connectivity index is 1.82. The Labute approximate surface area is 94.9 Å². The van der Waals surface area contributed by atoms with Crippen LogP contribution in [-0.4, -0.2) is 17.3 Å². The smallest absolute Gasteiger partial charge is 0.0579 e. The maximum Gasteiger partial charge on any atom is 0.0579 e. The lowest BCUT2D eigenvalue weighted by molar-refractivity contribution is 0.0837. The number of anilines is 1. The Bertz CT molecular complexity index is 503. The zero-order valence-electron chi connectivity index (χ0n) is 9.06. The third-order valence-electron chi connectivity index (χ3n) is 3.23. The third-order valence-corrected chi connectivity index (χ3v) is 3.23. The van der Waals surface area contributed by atoms with Gasteiger partial charge in [0, 0.05) is 11.7 Å². The molecule has 0 bridgehead atoms. The van der Waals surface area contributed by atoms with Crippen LogP contribution in [0.15, 0.2) is 42.5 Å². The van der Waals surface area contributed by atoms with Crippen LogP contribution in [0.3, 0.4) is 0 Å². The fourth-order valence-corrected chi connectivity index (χ4v) is 2.22. The van der Waals surface area contributed by atoms with Gasteiger partial charge in [0.05, 0.1) is 6.10 Å². The molecular weight excluding hydrogens is 198 g/mol. The van der Waals surface area contributed by atoms with E-state index in [1.807, 2.05) is 0 Å². The molecule has 2 N–H and O–H groups in total. The van der Waals surface area contributed by atoms with Crippen molar-refractivity contribution in [2.24, 2.45) is 0 Å². The molecule has 1 fully saturated rings. The van der Waals surface area contributed by atoms with Crippen LogP contribution in [0.2, 0.25) is 0 Å². The predicted molar refractivity (Wildman–Crippen MR) is 66.6 cm³/mol. The van der Waals surface area contributed by atoms with E-state index in [4.69, 9.17) is 0 Å².